The Balaban J connectivity index is 1.48. The van der Waals surface area contributed by atoms with Crippen molar-refractivity contribution in [2.24, 2.45) is 0 Å². The van der Waals surface area contributed by atoms with E-state index in [2.05, 4.69) is 14.9 Å². The molecular formula is C22H23ClN4O4S. The lowest BCUT2D eigenvalue weighted by Gasteiger charge is -2.34. The van der Waals surface area contributed by atoms with E-state index >= 15 is 0 Å². The van der Waals surface area contributed by atoms with Crippen LogP contribution in [0.2, 0.25) is 5.02 Å². The minimum Gasteiger partial charge on any atom is -0.497 e. The summed E-state index contributed by atoms with van der Waals surface area (Å²) >= 11 is 6.12. The van der Waals surface area contributed by atoms with Gasteiger partial charge in [-0.05, 0) is 30.3 Å². The quantitative estimate of drug-likeness (QED) is 0.541. The van der Waals surface area contributed by atoms with E-state index in [4.69, 9.17) is 21.1 Å². The lowest BCUT2D eigenvalue weighted by molar-refractivity contribution is 0.383. The summed E-state index contributed by atoms with van der Waals surface area (Å²) < 4.78 is 38.0. The molecule has 0 radical (unpaired) electrons. The van der Waals surface area contributed by atoms with Crippen LogP contribution in [-0.4, -0.2) is 63.1 Å². The zero-order valence-corrected chi connectivity index (χ0v) is 19.3. The van der Waals surface area contributed by atoms with Crippen LogP contribution in [0, 0.1) is 0 Å². The highest BCUT2D eigenvalue weighted by atomic mass is 35.5. The molecule has 1 aromatic heterocycles. The zero-order valence-electron chi connectivity index (χ0n) is 17.7. The van der Waals surface area contributed by atoms with E-state index in [1.165, 1.54) is 29.9 Å². The number of benzene rings is 2. The third kappa shape index (κ3) is 4.50. The Hall–Kier alpha value is -2.88. The van der Waals surface area contributed by atoms with E-state index in [0.29, 0.717) is 31.9 Å². The fraction of sp³-hybridized carbons (Fsp3) is 0.273. The maximum atomic E-state index is 13.1. The highest BCUT2D eigenvalue weighted by Crippen LogP contribution is 2.29. The molecule has 0 unspecified atom stereocenters. The molecule has 0 saturated carbocycles. The van der Waals surface area contributed by atoms with Gasteiger partial charge in [0.25, 0.3) is 0 Å². The van der Waals surface area contributed by atoms with Gasteiger partial charge in [0.2, 0.25) is 10.0 Å². The Morgan fingerprint density at radius 2 is 1.72 bits per heavy atom. The minimum atomic E-state index is -3.65. The van der Waals surface area contributed by atoms with Crippen LogP contribution in [0.25, 0.3) is 11.3 Å². The number of hydrogen-bond acceptors (Lipinski definition) is 7. The lowest BCUT2D eigenvalue weighted by Crippen LogP contribution is -2.48. The van der Waals surface area contributed by atoms with Crippen molar-refractivity contribution in [2.75, 3.05) is 45.3 Å². The first-order chi connectivity index (χ1) is 15.4. The molecule has 0 spiro atoms. The molecule has 0 aliphatic carbocycles. The summed E-state index contributed by atoms with van der Waals surface area (Å²) in [6, 6.07) is 14.1. The Morgan fingerprint density at radius 1 is 0.938 bits per heavy atom. The number of rotatable bonds is 6. The Bertz CT molecular complexity index is 1210. The van der Waals surface area contributed by atoms with E-state index in [9.17, 15) is 8.42 Å². The van der Waals surface area contributed by atoms with Gasteiger partial charge in [-0.3, -0.25) is 0 Å². The number of methoxy groups -OCH3 is 2. The Morgan fingerprint density at radius 3 is 2.41 bits per heavy atom. The summed E-state index contributed by atoms with van der Waals surface area (Å²) in [5, 5.41) is 0.262. The number of anilines is 1. The Kier molecular flexibility index (Phi) is 6.50. The van der Waals surface area contributed by atoms with E-state index in [1.54, 1.807) is 13.2 Å². The molecule has 2 heterocycles. The van der Waals surface area contributed by atoms with Crippen molar-refractivity contribution in [3.63, 3.8) is 0 Å². The molecule has 1 fully saturated rings. The molecule has 4 rings (SSSR count). The first-order valence-corrected chi connectivity index (χ1v) is 11.8. The summed E-state index contributed by atoms with van der Waals surface area (Å²) in [5.41, 5.74) is 1.70. The molecule has 1 aliphatic rings. The van der Waals surface area contributed by atoms with E-state index in [1.807, 2.05) is 30.3 Å². The van der Waals surface area contributed by atoms with Gasteiger partial charge in [0.15, 0.2) is 0 Å². The number of piperazine rings is 1. The first kappa shape index (κ1) is 22.3. The average molecular weight is 475 g/mol. The standard InChI is InChI=1S/C22H23ClN4O4S/c1-30-17-5-3-4-16(12-17)20-14-22(25-15-24-20)26-8-10-27(11-9-26)32(28,29)18-6-7-21(31-2)19(23)13-18/h3-7,12-15H,8-11H2,1-2H3. The molecule has 1 saturated heterocycles. The number of halogens is 1. The number of hydrogen-bond donors (Lipinski definition) is 0. The van der Waals surface area contributed by atoms with Crippen molar-refractivity contribution in [3.8, 4) is 22.8 Å². The minimum absolute atomic E-state index is 0.152. The number of aromatic nitrogens is 2. The molecule has 2 aromatic carbocycles. The smallest absolute Gasteiger partial charge is 0.243 e. The Labute approximate surface area is 192 Å². The normalized spacial score (nSPS) is 14.9. The van der Waals surface area contributed by atoms with Crippen molar-refractivity contribution < 1.29 is 17.9 Å². The predicted octanol–water partition coefficient (Wildman–Crippen LogP) is 3.33. The van der Waals surface area contributed by atoms with Crippen LogP contribution in [0.5, 0.6) is 11.5 Å². The lowest BCUT2D eigenvalue weighted by atomic mass is 10.1. The van der Waals surface area contributed by atoms with Gasteiger partial charge in [-0.1, -0.05) is 23.7 Å². The van der Waals surface area contributed by atoms with Gasteiger partial charge in [-0.2, -0.15) is 4.31 Å². The maximum absolute atomic E-state index is 13.1. The van der Waals surface area contributed by atoms with Crippen LogP contribution in [-0.2, 0) is 10.0 Å². The highest BCUT2D eigenvalue weighted by Gasteiger charge is 2.29. The van der Waals surface area contributed by atoms with Crippen molar-refractivity contribution in [1.82, 2.24) is 14.3 Å². The van der Waals surface area contributed by atoms with Gasteiger partial charge in [0.05, 0.1) is 29.8 Å². The van der Waals surface area contributed by atoms with E-state index < -0.39 is 10.0 Å². The average Bonchev–Trinajstić information content (AvgIpc) is 2.84. The van der Waals surface area contributed by atoms with Crippen LogP contribution in [0.3, 0.4) is 0 Å². The van der Waals surface area contributed by atoms with Crippen LogP contribution >= 0.6 is 11.6 Å². The second-order valence-electron chi connectivity index (χ2n) is 7.18. The monoisotopic (exact) mass is 474 g/mol. The topological polar surface area (TPSA) is 84.9 Å². The molecule has 0 amide bonds. The first-order valence-electron chi connectivity index (χ1n) is 9.97. The summed E-state index contributed by atoms with van der Waals surface area (Å²) in [7, 11) is -0.543. The number of nitrogens with zero attached hydrogens (tertiary/aromatic N) is 4. The predicted molar refractivity (Wildman–Crippen MR) is 123 cm³/mol. The van der Waals surface area contributed by atoms with Gasteiger partial charge in [-0.15, -0.1) is 0 Å². The van der Waals surface area contributed by atoms with Crippen molar-refractivity contribution in [1.29, 1.82) is 0 Å². The largest absolute Gasteiger partial charge is 0.497 e. The summed E-state index contributed by atoms with van der Waals surface area (Å²) in [4.78, 5) is 11.0. The van der Waals surface area contributed by atoms with Crippen molar-refractivity contribution >= 4 is 27.4 Å². The molecule has 32 heavy (non-hydrogen) atoms. The molecule has 8 nitrogen and oxygen atoms in total. The maximum Gasteiger partial charge on any atom is 0.243 e. The second kappa shape index (κ2) is 9.32. The molecule has 1 aliphatic heterocycles. The summed E-state index contributed by atoms with van der Waals surface area (Å²) in [6.45, 7) is 1.70. The van der Waals surface area contributed by atoms with Gasteiger partial charge in [-0.25, -0.2) is 18.4 Å². The number of ether oxygens (including phenoxy) is 2. The molecule has 10 heteroatoms. The molecule has 0 atom stereocenters. The molecule has 0 N–H and O–H groups in total. The van der Waals surface area contributed by atoms with Crippen LogP contribution < -0.4 is 14.4 Å². The molecule has 168 valence electrons. The van der Waals surface area contributed by atoms with Crippen LogP contribution in [0.15, 0.2) is 59.8 Å². The van der Waals surface area contributed by atoms with Crippen LogP contribution in [0.1, 0.15) is 0 Å². The van der Waals surface area contributed by atoms with E-state index in [0.717, 1.165) is 22.8 Å². The van der Waals surface area contributed by atoms with Gasteiger partial charge in [0, 0.05) is 37.8 Å². The van der Waals surface area contributed by atoms with Crippen molar-refractivity contribution in [2.45, 2.75) is 4.90 Å². The third-order valence-electron chi connectivity index (χ3n) is 5.34. The molecular weight excluding hydrogens is 452 g/mol. The van der Waals surface area contributed by atoms with Gasteiger partial charge in [0.1, 0.15) is 23.6 Å². The van der Waals surface area contributed by atoms with Crippen LogP contribution in [0.4, 0.5) is 5.82 Å². The number of sulfonamides is 1. The molecule has 3 aromatic rings. The SMILES string of the molecule is COc1cccc(-c2cc(N3CCN(S(=O)(=O)c4ccc(OC)c(Cl)c4)CC3)ncn2)c1. The summed E-state index contributed by atoms with van der Waals surface area (Å²) in [5.74, 6) is 1.94. The summed E-state index contributed by atoms with van der Waals surface area (Å²) in [6.07, 6.45) is 1.52. The van der Waals surface area contributed by atoms with Gasteiger partial charge >= 0.3 is 0 Å². The zero-order chi connectivity index (χ0) is 22.7. The van der Waals surface area contributed by atoms with Gasteiger partial charge < -0.3 is 14.4 Å². The fourth-order valence-electron chi connectivity index (χ4n) is 3.57. The molecule has 0 bridgehead atoms. The van der Waals surface area contributed by atoms with Crippen molar-refractivity contribution in [3.05, 3.63) is 59.9 Å². The third-order valence-corrected chi connectivity index (χ3v) is 7.53. The fourth-order valence-corrected chi connectivity index (χ4v) is 5.35. The highest BCUT2D eigenvalue weighted by molar-refractivity contribution is 7.89. The second-order valence-corrected chi connectivity index (χ2v) is 9.53. The van der Waals surface area contributed by atoms with E-state index in [-0.39, 0.29) is 9.92 Å².